The minimum atomic E-state index is -0.760. The van der Waals surface area contributed by atoms with Gasteiger partial charge in [-0.05, 0) is 86.9 Å². The van der Waals surface area contributed by atoms with Gasteiger partial charge in [-0.25, -0.2) is 9.79 Å². The van der Waals surface area contributed by atoms with Crippen LogP contribution in [0.15, 0.2) is 92.3 Å². The lowest BCUT2D eigenvalue weighted by atomic mass is 9.95. The molecule has 228 valence electrons. The van der Waals surface area contributed by atoms with Gasteiger partial charge in [-0.15, -0.1) is 0 Å². The predicted octanol–water partition coefficient (Wildman–Crippen LogP) is 5.94. The van der Waals surface area contributed by atoms with Crippen molar-refractivity contribution in [2.45, 2.75) is 46.4 Å². The lowest BCUT2D eigenvalue weighted by Gasteiger charge is -2.25. The molecule has 1 aliphatic heterocycles. The van der Waals surface area contributed by atoms with Crippen LogP contribution in [0.3, 0.4) is 0 Å². The van der Waals surface area contributed by atoms with Gasteiger partial charge in [0.1, 0.15) is 12.4 Å². The van der Waals surface area contributed by atoms with Gasteiger partial charge in [0.25, 0.3) is 5.56 Å². The Morgan fingerprint density at radius 1 is 1.07 bits per heavy atom. The molecular formula is C34H33BrN2O6S. The smallest absolute Gasteiger partial charge is 0.338 e. The van der Waals surface area contributed by atoms with Crippen molar-refractivity contribution in [2.24, 2.45) is 4.99 Å². The molecule has 0 saturated carbocycles. The Balaban J connectivity index is 1.52. The standard InChI is InChI=1S/C34H33BrN2O6S/c1-6-41-33(39)30-21(4)36-34-37(31(30)24-11-16-27(43-20(2)3)28(18-24)40-5)32(38)29(44-34)17-22-9-14-26(15-10-22)42-19-23-7-12-25(35)13-8-23/h7-18,20,31H,6,19H2,1-5H3/b29-17-/t31-/m0/s1. The third-order valence-corrected chi connectivity index (χ3v) is 8.39. The Bertz CT molecular complexity index is 1870. The van der Waals surface area contributed by atoms with Crippen molar-refractivity contribution in [3.63, 3.8) is 0 Å². The fourth-order valence-corrected chi connectivity index (χ4v) is 6.18. The zero-order valence-corrected chi connectivity index (χ0v) is 27.5. The molecule has 0 saturated heterocycles. The molecule has 0 aliphatic carbocycles. The van der Waals surface area contributed by atoms with Crippen LogP contribution in [0.1, 0.15) is 50.4 Å². The Hall–Kier alpha value is -4.15. The summed E-state index contributed by atoms with van der Waals surface area (Å²) in [7, 11) is 1.56. The molecule has 3 aromatic carbocycles. The highest BCUT2D eigenvalue weighted by molar-refractivity contribution is 9.10. The van der Waals surface area contributed by atoms with E-state index in [1.807, 2.05) is 74.5 Å². The van der Waals surface area contributed by atoms with Gasteiger partial charge in [0.2, 0.25) is 0 Å². The molecule has 44 heavy (non-hydrogen) atoms. The molecule has 0 N–H and O–H groups in total. The van der Waals surface area contributed by atoms with Gasteiger partial charge in [-0.3, -0.25) is 9.36 Å². The Kier molecular flexibility index (Phi) is 9.71. The average molecular weight is 678 g/mol. The van der Waals surface area contributed by atoms with E-state index in [0.717, 1.165) is 21.3 Å². The summed E-state index contributed by atoms with van der Waals surface area (Å²) in [5, 5.41) is 0. The predicted molar refractivity (Wildman–Crippen MR) is 174 cm³/mol. The fourth-order valence-electron chi connectivity index (χ4n) is 4.87. The molecule has 0 fully saturated rings. The van der Waals surface area contributed by atoms with E-state index in [-0.39, 0.29) is 18.3 Å². The van der Waals surface area contributed by atoms with Crippen LogP contribution in [0.4, 0.5) is 0 Å². The van der Waals surface area contributed by atoms with Crippen molar-refractivity contribution in [1.82, 2.24) is 4.57 Å². The largest absolute Gasteiger partial charge is 0.493 e. The molecule has 4 aromatic rings. The number of thiazole rings is 1. The normalized spacial score (nSPS) is 14.7. The van der Waals surface area contributed by atoms with Crippen molar-refractivity contribution < 1.29 is 23.7 Å². The summed E-state index contributed by atoms with van der Waals surface area (Å²) in [5.74, 6) is 1.27. The van der Waals surface area contributed by atoms with E-state index in [1.165, 1.54) is 11.3 Å². The summed E-state index contributed by atoms with van der Waals surface area (Å²) in [6.45, 7) is 8.01. The highest BCUT2D eigenvalue weighted by Gasteiger charge is 2.34. The first-order valence-electron chi connectivity index (χ1n) is 14.2. The van der Waals surface area contributed by atoms with Gasteiger partial charge >= 0.3 is 5.97 Å². The second-order valence-electron chi connectivity index (χ2n) is 10.4. The monoisotopic (exact) mass is 676 g/mol. The summed E-state index contributed by atoms with van der Waals surface area (Å²) in [6.07, 6.45) is 1.76. The van der Waals surface area contributed by atoms with E-state index in [1.54, 1.807) is 37.7 Å². The summed E-state index contributed by atoms with van der Waals surface area (Å²) >= 11 is 4.71. The Labute approximate surface area is 268 Å². The van der Waals surface area contributed by atoms with Crippen molar-refractivity contribution in [1.29, 1.82) is 0 Å². The number of carbonyl (C=O) groups is 1. The number of methoxy groups -OCH3 is 1. The summed E-state index contributed by atoms with van der Waals surface area (Å²) < 4.78 is 25.9. The SMILES string of the molecule is CCOC(=O)C1=C(C)N=c2s/c(=C\c3ccc(OCc4ccc(Br)cc4)cc3)c(=O)n2[C@H]1c1ccc(OC(C)C)c(OC)c1. The summed E-state index contributed by atoms with van der Waals surface area (Å²) in [5.41, 5.74) is 3.11. The first-order valence-corrected chi connectivity index (χ1v) is 15.8. The minimum Gasteiger partial charge on any atom is -0.493 e. The highest BCUT2D eigenvalue weighted by Crippen LogP contribution is 2.36. The van der Waals surface area contributed by atoms with Gasteiger partial charge < -0.3 is 18.9 Å². The minimum absolute atomic E-state index is 0.0585. The maximum absolute atomic E-state index is 14.0. The number of rotatable bonds is 10. The van der Waals surface area contributed by atoms with Crippen LogP contribution in [0.5, 0.6) is 17.2 Å². The number of allylic oxidation sites excluding steroid dienone is 1. The zero-order chi connectivity index (χ0) is 31.4. The molecule has 5 rings (SSSR count). The van der Waals surface area contributed by atoms with Crippen LogP contribution in [0.2, 0.25) is 0 Å². The number of hydrogen-bond donors (Lipinski definition) is 0. The number of halogens is 1. The van der Waals surface area contributed by atoms with Gasteiger partial charge in [0.05, 0.1) is 41.7 Å². The van der Waals surface area contributed by atoms with Crippen LogP contribution < -0.4 is 29.1 Å². The molecule has 1 atom stereocenters. The van der Waals surface area contributed by atoms with Crippen molar-refractivity contribution in [3.8, 4) is 17.2 Å². The molecule has 8 nitrogen and oxygen atoms in total. The third kappa shape index (κ3) is 6.81. The number of hydrogen-bond acceptors (Lipinski definition) is 8. The van der Waals surface area contributed by atoms with Crippen LogP contribution in [0, 0.1) is 0 Å². The van der Waals surface area contributed by atoms with E-state index in [2.05, 4.69) is 20.9 Å². The molecule has 2 heterocycles. The van der Waals surface area contributed by atoms with E-state index in [0.29, 0.717) is 44.3 Å². The molecule has 10 heteroatoms. The number of esters is 1. The number of ether oxygens (including phenoxy) is 4. The fraction of sp³-hybridized carbons (Fsp3) is 0.265. The van der Waals surface area contributed by atoms with Crippen LogP contribution in [-0.4, -0.2) is 30.4 Å². The second-order valence-corrected chi connectivity index (χ2v) is 12.3. The summed E-state index contributed by atoms with van der Waals surface area (Å²) in [4.78, 5) is 32.4. The molecule has 1 aromatic heterocycles. The van der Waals surface area contributed by atoms with Gasteiger partial charge in [-0.2, -0.15) is 0 Å². The highest BCUT2D eigenvalue weighted by atomic mass is 79.9. The molecule has 0 radical (unpaired) electrons. The maximum atomic E-state index is 14.0. The van der Waals surface area contributed by atoms with Crippen molar-refractivity contribution in [2.75, 3.05) is 13.7 Å². The first-order chi connectivity index (χ1) is 21.2. The van der Waals surface area contributed by atoms with Gasteiger partial charge in [0, 0.05) is 4.47 Å². The second kappa shape index (κ2) is 13.7. The topological polar surface area (TPSA) is 88.4 Å². The molecule has 0 amide bonds. The van der Waals surface area contributed by atoms with E-state index in [4.69, 9.17) is 18.9 Å². The zero-order valence-electron chi connectivity index (χ0n) is 25.1. The van der Waals surface area contributed by atoms with E-state index >= 15 is 0 Å². The molecule has 1 aliphatic rings. The maximum Gasteiger partial charge on any atom is 0.338 e. The lowest BCUT2D eigenvalue weighted by molar-refractivity contribution is -0.139. The van der Waals surface area contributed by atoms with Crippen LogP contribution in [-0.2, 0) is 16.1 Å². The molecule has 0 unspecified atom stereocenters. The van der Waals surface area contributed by atoms with Gasteiger partial charge in [-0.1, -0.05) is 57.6 Å². The summed E-state index contributed by atoms with van der Waals surface area (Å²) in [6, 6.07) is 20.2. The Morgan fingerprint density at radius 3 is 2.45 bits per heavy atom. The number of carbonyl (C=O) groups excluding carboxylic acids is 1. The van der Waals surface area contributed by atoms with Crippen LogP contribution >= 0.6 is 27.3 Å². The first kappa shape index (κ1) is 31.3. The number of benzene rings is 3. The average Bonchev–Trinajstić information content (AvgIpc) is 3.30. The quantitative estimate of drug-likeness (QED) is 0.193. The van der Waals surface area contributed by atoms with Gasteiger partial charge in [0.15, 0.2) is 16.3 Å². The van der Waals surface area contributed by atoms with Crippen molar-refractivity contribution in [3.05, 3.63) is 119 Å². The Morgan fingerprint density at radius 2 is 1.80 bits per heavy atom. The van der Waals surface area contributed by atoms with E-state index in [9.17, 15) is 9.59 Å². The lowest BCUT2D eigenvalue weighted by Crippen LogP contribution is -2.40. The number of nitrogens with zero attached hydrogens (tertiary/aromatic N) is 2. The van der Waals surface area contributed by atoms with Crippen LogP contribution in [0.25, 0.3) is 6.08 Å². The number of fused-ring (bicyclic) bond motifs is 1. The molecular weight excluding hydrogens is 644 g/mol. The van der Waals surface area contributed by atoms with Crippen molar-refractivity contribution >= 4 is 39.3 Å². The number of aromatic nitrogens is 1. The molecule has 0 bridgehead atoms. The molecule has 0 spiro atoms. The third-order valence-electron chi connectivity index (χ3n) is 6.88. The van der Waals surface area contributed by atoms with E-state index < -0.39 is 12.0 Å².